The van der Waals surface area contributed by atoms with E-state index in [0.29, 0.717) is 16.4 Å². The zero-order chi connectivity index (χ0) is 25.0. The van der Waals surface area contributed by atoms with E-state index in [-0.39, 0.29) is 13.2 Å². The second-order valence-corrected chi connectivity index (χ2v) is 10.0. The lowest BCUT2D eigenvalue weighted by Crippen LogP contribution is -2.62. The van der Waals surface area contributed by atoms with Crippen molar-refractivity contribution in [3.8, 4) is 11.3 Å². The van der Waals surface area contributed by atoms with E-state index in [4.69, 9.17) is 14.5 Å². The summed E-state index contributed by atoms with van der Waals surface area (Å²) in [5, 5.41) is 13.6. The maximum Gasteiger partial charge on any atom is 0.336 e. The average molecular weight is 512 g/mol. The Kier molecular flexibility index (Phi) is 7.57. The van der Waals surface area contributed by atoms with Crippen LogP contribution < -0.4 is 10.6 Å². The molecule has 0 spiro atoms. The molecule has 0 amide bonds. The van der Waals surface area contributed by atoms with E-state index in [0.717, 1.165) is 16.8 Å². The summed E-state index contributed by atoms with van der Waals surface area (Å²) in [4.78, 5) is 31.4. The molecule has 0 saturated heterocycles. The first-order valence-electron chi connectivity index (χ1n) is 11.5. The molecule has 0 fully saturated rings. The predicted molar refractivity (Wildman–Crippen MR) is 139 cm³/mol. The highest BCUT2D eigenvalue weighted by Gasteiger charge is 2.52. The van der Waals surface area contributed by atoms with Gasteiger partial charge in [0.05, 0.1) is 24.5 Å². The topological polar surface area (TPSA) is 89.5 Å². The van der Waals surface area contributed by atoms with Crippen molar-refractivity contribution in [3.05, 3.63) is 69.4 Å². The fraction of sp³-hybridized carbons (Fsp3) is 0.346. The highest BCUT2D eigenvalue weighted by Crippen LogP contribution is 2.45. The van der Waals surface area contributed by atoms with Gasteiger partial charge in [-0.2, -0.15) is 11.3 Å². The van der Waals surface area contributed by atoms with Crippen LogP contribution in [-0.4, -0.2) is 35.8 Å². The number of carbonyl (C=O) groups excluding carboxylic acids is 2. The number of rotatable bonds is 8. The van der Waals surface area contributed by atoms with Crippen molar-refractivity contribution < 1.29 is 19.1 Å². The minimum absolute atomic E-state index is 0.226. The molecule has 1 aliphatic rings. The summed E-state index contributed by atoms with van der Waals surface area (Å²) < 4.78 is 10.9. The molecule has 3 aromatic rings. The van der Waals surface area contributed by atoms with Crippen LogP contribution in [-0.2, 0) is 19.1 Å². The molecule has 2 N–H and O–H groups in total. The molecule has 2 aromatic heterocycles. The number of anilines is 1. The third-order valence-corrected chi connectivity index (χ3v) is 7.44. The first kappa shape index (κ1) is 24.9. The van der Waals surface area contributed by atoms with Crippen LogP contribution in [0.5, 0.6) is 0 Å². The van der Waals surface area contributed by atoms with Crippen LogP contribution >= 0.6 is 22.7 Å². The zero-order valence-corrected chi connectivity index (χ0v) is 21.8. The number of esters is 2. The summed E-state index contributed by atoms with van der Waals surface area (Å²) in [6, 6.07) is 11.6. The van der Waals surface area contributed by atoms with Crippen molar-refractivity contribution >= 4 is 39.7 Å². The van der Waals surface area contributed by atoms with Gasteiger partial charge in [0.25, 0.3) is 0 Å². The Bertz CT molecular complexity index is 1210. The molecular weight excluding hydrogens is 482 g/mol. The summed E-state index contributed by atoms with van der Waals surface area (Å²) in [7, 11) is 0. The fourth-order valence-electron chi connectivity index (χ4n) is 4.59. The average Bonchev–Trinajstić information content (AvgIpc) is 3.51. The van der Waals surface area contributed by atoms with Gasteiger partial charge in [0.1, 0.15) is 11.6 Å². The summed E-state index contributed by atoms with van der Waals surface area (Å²) in [6.45, 7) is 7.75. The predicted octanol–water partition coefficient (Wildman–Crippen LogP) is 5.40. The van der Waals surface area contributed by atoms with Gasteiger partial charge in [0.15, 0.2) is 5.13 Å². The number of nitrogens with one attached hydrogen (secondary N) is 2. The lowest BCUT2D eigenvalue weighted by Gasteiger charge is -2.46. The Morgan fingerprint density at radius 1 is 1.11 bits per heavy atom. The Morgan fingerprint density at radius 3 is 2.51 bits per heavy atom. The second kappa shape index (κ2) is 10.6. The van der Waals surface area contributed by atoms with E-state index in [9.17, 15) is 9.59 Å². The molecule has 0 saturated carbocycles. The van der Waals surface area contributed by atoms with Gasteiger partial charge in [-0.15, -0.1) is 11.3 Å². The van der Waals surface area contributed by atoms with E-state index in [1.165, 1.54) is 11.3 Å². The molecule has 35 heavy (non-hydrogen) atoms. The highest BCUT2D eigenvalue weighted by atomic mass is 32.1. The molecule has 4 rings (SSSR count). The van der Waals surface area contributed by atoms with Crippen LogP contribution in [0.3, 0.4) is 0 Å². The molecule has 7 nitrogen and oxygen atoms in total. The smallest absolute Gasteiger partial charge is 0.336 e. The maximum absolute atomic E-state index is 13.5. The Morgan fingerprint density at radius 2 is 1.86 bits per heavy atom. The second-order valence-electron chi connectivity index (χ2n) is 8.38. The molecule has 0 bridgehead atoms. The summed E-state index contributed by atoms with van der Waals surface area (Å²) >= 11 is 3.08. The van der Waals surface area contributed by atoms with E-state index < -0.39 is 29.4 Å². The van der Waals surface area contributed by atoms with Gasteiger partial charge >= 0.3 is 11.9 Å². The van der Waals surface area contributed by atoms with Crippen molar-refractivity contribution in [2.75, 3.05) is 18.5 Å². The number of ether oxygens (including phenoxy) is 2. The van der Waals surface area contributed by atoms with Crippen molar-refractivity contribution in [2.24, 2.45) is 5.92 Å². The Hall–Kier alpha value is -3.17. The molecule has 3 heterocycles. The number of benzene rings is 1. The summed E-state index contributed by atoms with van der Waals surface area (Å²) in [5.41, 5.74) is 2.82. The number of aromatic nitrogens is 1. The lowest BCUT2D eigenvalue weighted by atomic mass is 9.71. The number of hydrogen-bond acceptors (Lipinski definition) is 9. The first-order valence-corrected chi connectivity index (χ1v) is 13.3. The summed E-state index contributed by atoms with van der Waals surface area (Å²) in [6.07, 6.45) is 0. The monoisotopic (exact) mass is 511 g/mol. The van der Waals surface area contributed by atoms with Crippen LogP contribution in [0.15, 0.2) is 63.8 Å². The minimum atomic E-state index is -0.989. The van der Waals surface area contributed by atoms with Crippen molar-refractivity contribution in [3.63, 3.8) is 0 Å². The SMILES string of the molecule is CCOC(=O)C1=C(C)NC(C)(Nc2nc(-c3ccsc3)cs2)C(C(=O)OCC)C1c1ccccc1. The third kappa shape index (κ3) is 5.11. The standard InChI is InChI=1S/C26H29N3O4S2/c1-5-32-23(30)20-16(3)28-26(4,29-25-27-19(15-35-25)18-12-13-34-14-18)22(24(31)33-6-2)21(20)17-10-8-7-9-11-17/h7-15,21-22,28H,5-6H2,1-4H3,(H,27,29). The molecule has 3 atom stereocenters. The molecule has 0 aliphatic carbocycles. The zero-order valence-electron chi connectivity index (χ0n) is 20.2. The van der Waals surface area contributed by atoms with Crippen molar-refractivity contribution in [1.29, 1.82) is 0 Å². The first-order chi connectivity index (χ1) is 16.9. The van der Waals surface area contributed by atoms with Crippen LogP contribution in [0.1, 0.15) is 39.2 Å². The maximum atomic E-state index is 13.5. The minimum Gasteiger partial charge on any atom is -0.466 e. The Balaban J connectivity index is 1.81. The van der Waals surface area contributed by atoms with Gasteiger partial charge in [-0.3, -0.25) is 4.79 Å². The molecule has 184 valence electrons. The molecule has 9 heteroatoms. The quantitative estimate of drug-likeness (QED) is 0.391. The number of thiazole rings is 1. The van der Waals surface area contributed by atoms with Crippen LogP contribution in [0.4, 0.5) is 5.13 Å². The molecule has 1 aromatic carbocycles. The normalized spacial score (nSPS) is 21.8. The van der Waals surface area contributed by atoms with Gasteiger partial charge in [0.2, 0.25) is 0 Å². The largest absolute Gasteiger partial charge is 0.466 e. The number of nitrogens with zero attached hydrogens (tertiary/aromatic N) is 1. The van der Waals surface area contributed by atoms with E-state index in [1.807, 2.05) is 66.4 Å². The highest BCUT2D eigenvalue weighted by molar-refractivity contribution is 7.14. The van der Waals surface area contributed by atoms with Crippen molar-refractivity contribution in [2.45, 2.75) is 39.3 Å². The van der Waals surface area contributed by atoms with Gasteiger partial charge in [-0.1, -0.05) is 30.3 Å². The lowest BCUT2D eigenvalue weighted by molar-refractivity contribution is -0.152. The third-order valence-electron chi connectivity index (χ3n) is 6.00. The number of hydrogen-bond donors (Lipinski definition) is 2. The van der Waals surface area contributed by atoms with E-state index >= 15 is 0 Å². The number of carbonyl (C=O) groups is 2. The van der Waals surface area contributed by atoms with Gasteiger partial charge in [-0.05, 0) is 44.7 Å². The molecule has 1 aliphatic heterocycles. The summed E-state index contributed by atoms with van der Waals surface area (Å²) in [5.74, 6) is -2.21. The van der Waals surface area contributed by atoms with Crippen molar-refractivity contribution in [1.82, 2.24) is 10.3 Å². The number of allylic oxidation sites excluding steroid dienone is 1. The number of thiophene rings is 1. The molecule has 0 radical (unpaired) electrons. The van der Waals surface area contributed by atoms with Gasteiger partial charge in [-0.25, -0.2) is 9.78 Å². The van der Waals surface area contributed by atoms with Crippen LogP contribution in [0, 0.1) is 5.92 Å². The molecular formula is C26H29N3O4S2. The Labute approximate surface area is 213 Å². The van der Waals surface area contributed by atoms with Crippen LogP contribution in [0.2, 0.25) is 0 Å². The van der Waals surface area contributed by atoms with Gasteiger partial charge in [0, 0.05) is 27.9 Å². The van der Waals surface area contributed by atoms with Gasteiger partial charge < -0.3 is 20.1 Å². The van der Waals surface area contributed by atoms with Crippen LogP contribution in [0.25, 0.3) is 11.3 Å². The fourth-order valence-corrected chi connectivity index (χ4v) is 6.07. The van der Waals surface area contributed by atoms with E-state index in [1.54, 1.807) is 25.2 Å². The molecule has 3 unspecified atom stereocenters. The van der Waals surface area contributed by atoms with E-state index in [2.05, 4.69) is 10.6 Å².